The summed E-state index contributed by atoms with van der Waals surface area (Å²) in [5.41, 5.74) is 5.71. The van der Waals surface area contributed by atoms with Crippen LogP contribution in [0.4, 0.5) is 4.39 Å². The Morgan fingerprint density at radius 2 is 1.06 bits per heavy atom. The number of unbranched alkanes of at least 4 members (excludes halogenated alkanes) is 4. The number of hydrogen-bond donors (Lipinski definition) is 0. The maximum absolute atomic E-state index is 14.4. The number of hydrogen-bond acceptors (Lipinski definition) is 0. The van der Waals surface area contributed by atoms with Gasteiger partial charge in [-0.25, -0.2) is 4.39 Å². The Labute approximate surface area is 199 Å². The molecule has 0 heterocycles. The van der Waals surface area contributed by atoms with E-state index in [-0.39, 0.29) is 5.82 Å². The topological polar surface area (TPSA) is 0 Å². The Morgan fingerprint density at radius 1 is 0.545 bits per heavy atom. The molecule has 0 atom stereocenters. The summed E-state index contributed by atoms with van der Waals surface area (Å²) in [7, 11) is 0. The van der Waals surface area contributed by atoms with Crippen molar-refractivity contribution in [1.82, 2.24) is 0 Å². The lowest BCUT2D eigenvalue weighted by Gasteiger charge is -2.04. The monoisotopic (exact) mass is 436 g/mol. The van der Waals surface area contributed by atoms with E-state index < -0.39 is 0 Å². The summed E-state index contributed by atoms with van der Waals surface area (Å²) in [6.45, 7) is 4.39. The minimum Gasteiger partial charge on any atom is -0.207 e. The summed E-state index contributed by atoms with van der Waals surface area (Å²) in [5.74, 6) is 12.5. The lowest BCUT2D eigenvalue weighted by atomic mass is 10.0. The third-order valence-corrected chi connectivity index (χ3v) is 5.68. The van der Waals surface area contributed by atoms with E-state index >= 15 is 0 Å². The van der Waals surface area contributed by atoms with Gasteiger partial charge in [-0.05, 0) is 78.9 Å². The first kappa shape index (κ1) is 24.4. The maximum atomic E-state index is 14.4. The normalized spacial score (nSPS) is 10.2. The van der Waals surface area contributed by atoms with Crippen molar-refractivity contribution in [2.45, 2.75) is 65.2 Å². The summed E-state index contributed by atoms with van der Waals surface area (Å²) in [6.07, 6.45) is 8.99. The van der Waals surface area contributed by atoms with Crippen LogP contribution in [0.1, 0.15) is 85.8 Å². The second kappa shape index (κ2) is 13.3. The molecule has 0 fully saturated rings. The van der Waals surface area contributed by atoms with Crippen LogP contribution in [0.2, 0.25) is 0 Å². The van der Waals surface area contributed by atoms with Gasteiger partial charge in [0.1, 0.15) is 5.82 Å². The quantitative estimate of drug-likeness (QED) is 0.247. The SMILES string of the molecule is CCCCCCCc1ccc(C#Cc2ccc(C#Cc3ccc(CCC)cc3)cc2)cc1F. The van der Waals surface area contributed by atoms with E-state index in [2.05, 4.69) is 61.8 Å². The average Bonchev–Trinajstić information content (AvgIpc) is 2.84. The molecule has 0 aliphatic carbocycles. The highest BCUT2D eigenvalue weighted by atomic mass is 19.1. The number of aryl methyl sites for hydroxylation is 2. The molecule has 0 saturated carbocycles. The third kappa shape index (κ3) is 8.29. The van der Waals surface area contributed by atoms with Gasteiger partial charge in [-0.15, -0.1) is 0 Å². The zero-order valence-corrected chi connectivity index (χ0v) is 19.9. The van der Waals surface area contributed by atoms with Crippen LogP contribution in [0.5, 0.6) is 0 Å². The van der Waals surface area contributed by atoms with Gasteiger partial charge in [0.05, 0.1) is 0 Å². The van der Waals surface area contributed by atoms with Gasteiger partial charge in [0.2, 0.25) is 0 Å². The molecule has 0 nitrogen and oxygen atoms in total. The highest BCUT2D eigenvalue weighted by molar-refractivity contribution is 5.48. The molecule has 33 heavy (non-hydrogen) atoms. The van der Waals surface area contributed by atoms with E-state index in [4.69, 9.17) is 0 Å². The predicted molar refractivity (Wildman–Crippen MR) is 138 cm³/mol. The molecule has 0 radical (unpaired) electrons. The zero-order chi connectivity index (χ0) is 23.3. The molecule has 1 heteroatoms. The second-order valence-corrected chi connectivity index (χ2v) is 8.49. The summed E-state index contributed by atoms with van der Waals surface area (Å²) in [6, 6.07) is 21.7. The first-order valence-corrected chi connectivity index (χ1v) is 12.2. The van der Waals surface area contributed by atoms with Crippen molar-refractivity contribution in [2.24, 2.45) is 0 Å². The summed E-state index contributed by atoms with van der Waals surface area (Å²) in [5, 5.41) is 0. The van der Waals surface area contributed by atoms with Gasteiger partial charge in [0.25, 0.3) is 0 Å². The molecule has 3 aromatic rings. The molecule has 0 bridgehead atoms. The van der Waals surface area contributed by atoms with Crippen molar-refractivity contribution in [2.75, 3.05) is 0 Å². The van der Waals surface area contributed by atoms with Crippen molar-refractivity contribution in [3.63, 3.8) is 0 Å². The predicted octanol–water partition coefficient (Wildman–Crippen LogP) is 8.09. The minimum absolute atomic E-state index is 0.148. The lowest BCUT2D eigenvalue weighted by Crippen LogP contribution is -1.92. The van der Waals surface area contributed by atoms with E-state index in [0.29, 0.717) is 5.56 Å². The number of halogens is 1. The standard InChI is InChI=1S/C32H33F/c1-3-5-6-7-8-10-31-24-23-30(25-32(31)33)22-21-29-19-17-28(18-20-29)16-15-27-13-11-26(9-4-2)12-14-27/h11-14,17-20,23-25H,3-10H2,1-2H3. The Balaban J connectivity index is 1.57. The highest BCUT2D eigenvalue weighted by Crippen LogP contribution is 2.15. The zero-order valence-electron chi connectivity index (χ0n) is 19.9. The molecule has 0 aromatic heterocycles. The van der Waals surface area contributed by atoms with Crippen LogP contribution in [-0.2, 0) is 12.8 Å². The molecule has 3 aromatic carbocycles. The van der Waals surface area contributed by atoms with Crippen LogP contribution in [-0.4, -0.2) is 0 Å². The largest absolute Gasteiger partial charge is 0.207 e. The van der Waals surface area contributed by atoms with Crippen molar-refractivity contribution >= 4 is 0 Å². The van der Waals surface area contributed by atoms with E-state index in [1.165, 1.54) is 31.2 Å². The molecule has 0 spiro atoms. The van der Waals surface area contributed by atoms with Crippen LogP contribution >= 0.6 is 0 Å². The second-order valence-electron chi connectivity index (χ2n) is 8.49. The smallest absolute Gasteiger partial charge is 0.127 e. The van der Waals surface area contributed by atoms with Crippen LogP contribution in [0.25, 0.3) is 0 Å². The van der Waals surface area contributed by atoms with Gasteiger partial charge >= 0.3 is 0 Å². The van der Waals surface area contributed by atoms with Crippen LogP contribution < -0.4 is 0 Å². The molecule has 0 unspecified atom stereocenters. The Kier molecular flexibility index (Phi) is 9.82. The Hall–Kier alpha value is -3.29. The van der Waals surface area contributed by atoms with Gasteiger partial charge < -0.3 is 0 Å². The van der Waals surface area contributed by atoms with Crippen molar-refractivity contribution in [3.8, 4) is 23.7 Å². The molecule has 3 rings (SSSR count). The van der Waals surface area contributed by atoms with E-state index in [9.17, 15) is 4.39 Å². The van der Waals surface area contributed by atoms with Gasteiger partial charge in [-0.2, -0.15) is 0 Å². The van der Waals surface area contributed by atoms with E-state index in [0.717, 1.165) is 47.9 Å². The van der Waals surface area contributed by atoms with Gasteiger partial charge in [-0.3, -0.25) is 0 Å². The van der Waals surface area contributed by atoms with E-state index in [1.54, 1.807) is 6.07 Å². The van der Waals surface area contributed by atoms with Gasteiger partial charge in [0, 0.05) is 22.3 Å². The fraction of sp³-hybridized carbons (Fsp3) is 0.312. The van der Waals surface area contributed by atoms with Crippen molar-refractivity contribution < 1.29 is 4.39 Å². The number of benzene rings is 3. The fourth-order valence-corrected chi connectivity index (χ4v) is 3.72. The van der Waals surface area contributed by atoms with Crippen LogP contribution in [0, 0.1) is 29.5 Å². The van der Waals surface area contributed by atoms with E-state index in [1.807, 2.05) is 36.4 Å². The molecular weight excluding hydrogens is 403 g/mol. The molecule has 0 N–H and O–H groups in total. The molecule has 0 saturated heterocycles. The van der Waals surface area contributed by atoms with Crippen LogP contribution in [0.15, 0.2) is 66.7 Å². The van der Waals surface area contributed by atoms with Gasteiger partial charge in [0.15, 0.2) is 0 Å². The maximum Gasteiger partial charge on any atom is 0.127 e. The Bertz CT molecular complexity index is 1130. The minimum atomic E-state index is -0.148. The van der Waals surface area contributed by atoms with Crippen molar-refractivity contribution in [1.29, 1.82) is 0 Å². The highest BCUT2D eigenvalue weighted by Gasteiger charge is 2.03. The number of rotatable bonds is 8. The first-order chi connectivity index (χ1) is 16.2. The van der Waals surface area contributed by atoms with Crippen LogP contribution in [0.3, 0.4) is 0 Å². The summed E-state index contributed by atoms with van der Waals surface area (Å²) < 4.78 is 14.4. The lowest BCUT2D eigenvalue weighted by molar-refractivity contribution is 0.587. The molecular formula is C32H33F. The third-order valence-electron chi connectivity index (χ3n) is 5.68. The fourth-order valence-electron chi connectivity index (χ4n) is 3.72. The van der Waals surface area contributed by atoms with Gasteiger partial charge in [-0.1, -0.05) is 87.8 Å². The molecule has 168 valence electrons. The summed E-state index contributed by atoms with van der Waals surface area (Å²) >= 11 is 0. The molecule has 0 aliphatic rings. The average molecular weight is 437 g/mol. The molecule has 0 amide bonds. The summed E-state index contributed by atoms with van der Waals surface area (Å²) in [4.78, 5) is 0. The first-order valence-electron chi connectivity index (χ1n) is 12.2. The van der Waals surface area contributed by atoms with Crippen molar-refractivity contribution in [3.05, 3.63) is 106 Å². The molecule has 0 aliphatic heterocycles. The Morgan fingerprint density at radius 3 is 1.61 bits per heavy atom.